The zero-order valence-corrected chi connectivity index (χ0v) is 19.5. The monoisotopic (exact) mass is 445 g/mol. The number of rotatable bonds is 4. The van der Waals surface area contributed by atoms with E-state index in [9.17, 15) is 4.79 Å². The molecule has 1 amide bonds. The molecule has 1 saturated heterocycles. The van der Waals surface area contributed by atoms with Crippen LogP contribution in [0.3, 0.4) is 0 Å². The van der Waals surface area contributed by atoms with Crippen molar-refractivity contribution in [3.05, 3.63) is 65.2 Å². The van der Waals surface area contributed by atoms with Gasteiger partial charge in [-0.05, 0) is 48.7 Å². The van der Waals surface area contributed by atoms with Crippen molar-refractivity contribution in [1.82, 2.24) is 9.88 Å². The molecule has 1 aliphatic heterocycles. The summed E-state index contributed by atoms with van der Waals surface area (Å²) < 4.78 is 7.10. The van der Waals surface area contributed by atoms with Gasteiger partial charge >= 0.3 is 0 Å². The normalized spacial score (nSPS) is 14.3. The van der Waals surface area contributed by atoms with Gasteiger partial charge in [0.05, 0.1) is 22.4 Å². The highest BCUT2D eigenvalue weighted by Crippen LogP contribution is 2.34. The van der Waals surface area contributed by atoms with Crippen LogP contribution in [0.15, 0.2) is 48.5 Å². The van der Waals surface area contributed by atoms with Crippen LogP contribution >= 0.6 is 11.3 Å². The highest BCUT2D eigenvalue weighted by molar-refractivity contribution is 7.22. The Kier molecular flexibility index (Phi) is 5.47. The molecule has 164 valence electrons. The molecule has 1 aromatic heterocycles. The standard InChI is InChI=1S/C26H27N3O2S/c1-4-31-21-12-11-19-7-5-6-8-20(19)22(21)25(30)28-13-15-29(16-14-28)26-27-23-17(2)9-10-18(3)24(23)32-26/h5-12H,4,13-16H2,1-3H3. The third-order valence-corrected chi connectivity index (χ3v) is 7.42. The highest BCUT2D eigenvalue weighted by atomic mass is 32.1. The van der Waals surface area contributed by atoms with E-state index in [0.29, 0.717) is 31.0 Å². The van der Waals surface area contributed by atoms with Crippen LogP contribution in [0.25, 0.3) is 21.0 Å². The number of carbonyl (C=O) groups is 1. The Morgan fingerprint density at radius 1 is 1.00 bits per heavy atom. The number of aromatic nitrogens is 1. The predicted molar refractivity (Wildman–Crippen MR) is 132 cm³/mol. The molecule has 0 unspecified atom stereocenters. The van der Waals surface area contributed by atoms with Gasteiger partial charge in [0.15, 0.2) is 5.13 Å². The van der Waals surface area contributed by atoms with Gasteiger partial charge in [-0.3, -0.25) is 4.79 Å². The van der Waals surface area contributed by atoms with E-state index in [0.717, 1.165) is 34.5 Å². The first-order chi connectivity index (χ1) is 15.6. The summed E-state index contributed by atoms with van der Waals surface area (Å²) in [5.74, 6) is 0.705. The van der Waals surface area contributed by atoms with Gasteiger partial charge in [0.1, 0.15) is 5.75 Å². The minimum absolute atomic E-state index is 0.0425. The second-order valence-corrected chi connectivity index (χ2v) is 9.22. The molecule has 1 fully saturated rings. The lowest BCUT2D eigenvalue weighted by Crippen LogP contribution is -2.48. The first-order valence-electron chi connectivity index (χ1n) is 11.1. The molecule has 0 bridgehead atoms. The van der Waals surface area contributed by atoms with E-state index in [4.69, 9.17) is 9.72 Å². The van der Waals surface area contributed by atoms with Gasteiger partial charge in [0, 0.05) is 26.2 Å². The van der Waals surface area contributed by atoms with Crippen LogP contribution in [0.2, 0.25) is 0 Å². The first-order valence-corrected chi connectivity index (χ1v) is 11.9. The van der Waals surface area contributed by atoms with Crippen molar-refractivity contribution in [1.29, 1.82) is 0 Å². The molecule has 6 heteroatoms. The van der Waals surface area contributed by atoms with E-state index in [1.54, 1.807) is 11.3 Å². The van der Waals surface area contributed by atoms with Crippen molar-refractivity contribution in [3.8, 4) is 5.75 Å². The predicted octanol–water partition coefficient (Wildman–Crippen LogP) is 5.43. The second kappa shape index (κ2) is 8.43. The highest BCUT2D eigenvalue weighted by Gasteiger charge is 2.27. The molecule has 2 heterocycles. The van der Waals surface area contributed by atoms with Crippen molar-refractivity contribution in [3.63, 3.8) is 0 Å². The number of thiazole rings is 1. The molecule has 5 rings (SSSR count). The molecule has 5 nitrogen and oxygen atoms in total. The average molecular weight is 446 g/mol. The van der Waals surface area contributed by atoms with Gasteiger partial charge in [0.25, 0.3) is 5.91 Å². The van der Waals surface area contributed by atoms with Gasteiger partial charge in [0.2, 0.25) is 0 Å². The Hall–Kier alpha value is -3.12. The molecule has 3 aromatic carbocycles. The van der Waals surface area contributed by atoms with Crippen LogP contribution in [-0.2, 0) is 0 Å². The van der Waals surface area contributed by atoms with Crippen LogP contribution < -0.4 is 9.64 Å². The van der Waals surface area contributed by atoms with E-state index < -0.39 is 0 Å². The minimum Gasteiger partial charge on any atom is -0.493 e. The number of anilines is 1. The Balaban J connectivity index is 1.39. The van der Waals surface area contributed by atoms with E-state index in [1.807, 2.05) is 48.2 Å². The quantitative estimate of drug-likeness (QED) is 0.420. The topological polar surface area (TPSA) is 45.7 Å². The molecular formula is C26H27N3O2S. The number of benzene rings is 3. The van der Waals surface area contributed by atoms with E-state index in [2.05, 4.69) is 30.9 Å². The van der Waals surface area contributed by atoms with Gasteiger partial charge < -0.3 is 14.5 Å². The fraction of sp³-hybridized carbons (Fsp3) is 0.308. The van der Waals surface area contributed by atoms with Gasteiger partial charge in [-0.1, -0.05) is 53.8 Å². The van der Waals surface area contributed by atoms with Gasteiger partial charge in [-0.2, -0.15) is 0 Å². The average Bonchev–Trinajstić information content (AvgIpc) is 3.28. The van der Waals surface area contributed by atoms with Gasteiger partial charge in [-0.15, -0.1) is 0 Å². The Morgan fingerprint density at radius 3 is 2.50 bits per heavy atom. The number of carbonyl (C=O) groups excluding carboxylic acids is 1. The number of nitrogens with zero attached hydrogens (tertiary/aromatic N) is 3. The summed E-state index contributed by atoms with van der Waals surface area (Å²) in [6.07, 6.45) is 0. The lowest BCUT2D eigenvalue weighted by Gasteiger charge is -2.35. The zero-order chi connectivity index (χ0) is 22.2. The summed E-state index contributed by atoms with van der Waals surface area (Å²) in [5, 5.41) is 3.05. The summed E-state index contributed by atoms with van der Waals surface area (Å²) in [4.78, 5) is 22.8. The Bertz CT molecular complexity index is 1270. The van der Waals surface area contributed by atoms with Crippen molar-refractivity contribution in [2.24, 2.45) is 0 Å². The fourth-order valence-corrected chi connectivity index (χ4v) is 5.55. The summed E-state index contributed by atoms with van der Waals surface area (Å²) >= 11 is 1.75. The molecule has 0 spiro atoms. The number of amides is 1. The first kappa shape index (κ1) is 20.8. The minimum atomic E-state index is 0.0425. The van der Waals surface area contributed by atoms with E-state index in [-0.39, 0.29) is 5.91 Å². The number of hydrogen-bond donors (Lipinski definition) is 0. The molecule has 4 aromatic rings. The van der Waals surface area contributed by atoms with E-state index in [1.165, 1.54) is 15.8 Å². The Labute approximate surface area is 192 Å². The van der Waals surface area contributed by atoms with Gasteiger partial charge in [-0.25, -0.2) is 4.98 Å². The van der Waals surface area contributed by atoms with Crippen molar-refractivity contribution >= 4 is 43.4 Å². The van der Waals surface area contributed by atoms with Crippen molar-refractivity contribution in [2.45, 2.75) is 20.8 Å². The Morgan fingerprint density at radius 2 is 1.75 bits per heavy atom. The number of hydrogen-bond acceptors (Lipinski definition) is 5. The molecular weight excluding hydrogens is 418 g/mol. The summed E-state index contributed by atoms with van der Waals surface area (Å²) in [6.45, 7) is 9.62. The zero-order valence-electron chi connectivity index (χ0n) is 18.7. The third-order valence-electron chi connectivity index (χ3n) is 6.17. The smallest absolute Gasteiger partial charge is 0.258 e. The number of piperazine rings is 1. The molecule has 0 radical (unpaired) electrons. The molecule has 0 N–H and O–H groups in total. The fourth-order valence-electron chi connectivity index (χ4n) is 4.39. The molecule has 0 saturated carbocycles. The summed E-state index contributed by atoms with van der Waals surface area (Å²) in [5.41, 5.74) is 4.24. The van der Waals surface area contributed by atoms with Crippen LogP contribution in [0.1, 0.15) is 28.4 Å². The summed E-state index contributed by atoms with van der Waals surface area (Å²) in [6, 6.07) is 16.3. The van der Waals surface area contributed by atoms with Crippen LogP contribution in [0, 0.1) is 13.8 Å². The number of fused-ring (bicyclic) bond motifs is 2. The summed E-state index contributed by atoms with van der Waals surface area (Å²) in [7, 11) is 0. The maximum atomic E-state index is 13.6. The van der Waals surface area contributed by atoms with Crippen LogP contribution in [0.5, 0.6) is 5.75 Å². The lowest BCUT2D eigenvalue weighted by atomic mass is 10.0. The molecule has 0 atom stereocenters. The van der Waals surface area contributed by atoms with E-state index >= 15 is 0 Å². The van der Waals surface area contributed by atoms with Crippen LogP contribution in [-0.4, -0.2) is 48.6 Å². The van der Waals surface area contributed by atoms with Crippen molar-refractivity contribution in [2.75, 3.05) is 37.7 Å². The number of ether oxygens (including phenoxy) is 1. The molecule has 32 heavy (non-hydrogen) atoms. The third kappa shape index (κ3) is 3.58. The molecule has 1 aliphatic rings. The molecule has 0 aliphatic carbocycles. The largest absolute Gasteiger partial charge is 0.493 e. The SMILES string of the molecule is CCOc1ccc2ccccc2c1C(=O)N1CCN(c2nc3c(C)ccc(C)c3s2)CC1. The van der Waals surface area contributed by atoms with Crippen molar-refractivity contribution < 1.29 is 9.53 Å². The maximum absolute atomic E-state index is 13.6. The maximum Gasteiger partial charge on any atom is 0.258 e. The second-order valence-electron chi connectivity index (χ2n) is 8.25. The number of aryl methyl sites for hydroxylation is 2. The van der Waals surface area contributed by atoms with Crippen LogP contribution in [0.4, 0.5) is 5.13 Å². The lowest BCUT2D eigenvalue weighted by molar-refractivity contribution is 0.0744.